The molecule has 46 valence electrons. The largest absolute Gasteiger partial charge is 0.472 e. The second-order valence-corrected chi connectivity index (χ2v) is 1.02. The number of carboxylic acids is 1. The lowest BCUT2D eigenvalue weighted by atomic mass is 10.5. The second kappa shape index (κ2) is 4.70. The molecule has 0 bridgehead atoms. The molecule has 0 saturated heterocycles. The van der Waals surface area contributed by atoms with Crippen LogP contribution in [0.15, 0.2) is 0 Å². The summed E-state index contributed by atoms with van der Waals surface area (Å²) in [5.41, 5.74) is 0. The normalized spacial score (nSPS) is 5.89. The third-order valence-electron chi connectivity index (χ3n) is 0.399. The molecule has 0 spiro atoms. The minimum atomic E-state index is -1.22. The lowest BCUT2D eigenvalue weighted by molar-refractivity contribution is -0.130. The van der Waals surface area contributed by atoms with E-state index in [-0.39, 0.29) is 6.61 Å². The first-order valence-corrected chi connectivity index (χ1v) is 2.10. The van der Waals surface area contributed by atoms with E-state index >= 15 is 0 Å². The Kier molecular flexibility index (Phi) is 3.95. The van der Waals surface area contributed by atoms with Crippen molar-refractivity contribution in [3.63, 3.8) is 0 Å². The fraction of sp³-hybridized carbons (Fsp3) is 0.167. The summed E-state index contributed by atoms with van der Waals surface area (Å²) in [6, 6.07) is 0. The van der Waals surface area contributed by atoms with Crippen LogP contribution >= 0.6 is 0 Å². The molecule has 0 aliphatic heterocycles. The Morgan fingerprint density at radius 2 is 2.11 bits per heavy atom. The molecule has 0 heterocycles. The van der Waals surface area contributed by atoms with Gasteiger partial charge in [0.25, 0.3) is 0 Å². The molecule has 0 fully saturated rings. The summed E-state index contributed by atoms with van der Waals surface area (Å²) in [5.74, 6) is 6.85. The molecule has 0 aromatic rings. The van der Waals surface area contributed by atoms with Gasteiger partial charge in [-0.1, -0.05) is 5.92 Å². The van der Waals surface area contributed by atoms with Crippen molar-refractivity contribution in [3.8, 4) is 23.7 Å². The van der Waals surface area contributed by atoms with Crippen LogP contribution in [0.2, 0.25) is 0 Å². The van der Waals surface area contributed by atoms with Crippen molar-refractivity contribution in [1.29, 1.82) is 0 Å². The highest BCUT2D eigenvalue weighted by molar-refractivity contribution is 5.87. The molecule has 3 nitrogen and oxygen atoms in total. The van der Waals surface area contributed by atoms with Crippen molar-refractivity contribution in [2.24, 2.45) is 0 Å². The van der Waals surface area contributed by atoms with Gasteiger partial charge in [-0.25, -0.2) is 4.79 Å². The van der Waals surface area contributed by atoms with Crippen molar-refractivity contribution < 1.29 is 15.0 Å². The van der Waals surface area contributed by atoms with Gasteiger partial charge >= 0.3 is 5.97 Å². The van der Waals surface area contributed by atoms with Gasteiger partial charge in [0.05, 0.1) is 0 Å². The van der Waals surface area contributed by atoms with Crippen LogP contribution in [-0.2, 0) is 4.79 Å². The van der Waals surface area contributed by atoms with Gasteiger partial charge in [0.1, 0.15) is 6.61 Å². The summed E-state index contributed by atoms with van der Waals surface area (Å²) in [4.78, 5) is 9.66. The van der Waals surface area contributed by atoms with E-state index in [1.54, 1.807) is 5.92 Å². The van der Waals surface area contributed by atoms with E-state index in [0.29, 0.717) is 0 Å². The lowest BCUT2D eigenvalue weighted by Gasteiger charge is -1.65. The smallest absolute Gasteiger partial charge is 0.382 e. The van der Waals surface area contributed by atoms with Gasteiger partial charge in [-0.05, 0) is 11.8 Å². The van der Waals surface area contributed by atoms with Crippen molar-refractivity contribution in [2.75, 3.05) is 6.61 Å². The molecule has 0 unspecified atom stereocenters. The van der Waals surface area contributed by atoms with Crippen LogP contribution in [0.4, 0.5) is 0 Å². The number of carboxylic acid groups (broad SMARTS) is 1. The molecule has 0 aliphatic carbocycles. The topological polar surface area (TPSA) is 57.5 Å². The van der Waals surface area contributed by atoms with Crippen LogP contribution in [0.25, 0.3) is 0 Å². The maximum absolute atomic E-state index is 9.66. The minimum Gasteiger partial charge on any atom is -0.472 e. The van der Waals surface area contributed by atoms with Crippen molar-refractivity contribution in [3.05, 3.63) is 0 Å². The highest BCUT2D eigenvalue weighted by atomic mass is 16.4. The van der Waals surface area contributed by atoms with Crippen molar-refractivity contribution >= 4 is 5.97 Å². The fourth-order valence-corrected chi connectivity index (χ4v) is 0.168. The average molecular weight is 124 g/mol. The zero-order valence-corrected chi connectivity index (χ0v) is 4.51. The molecular weight excluding hydrogens is 120 g/mol. The van der Waals surface area contributed by atoms with Crippen LogP contribution in [-0.4, -0.2) is 22.8 Å². The molecule has 0 aromatic heterocycles. The Hall–Kier alpha value is -1.45. The molecule has 0 aromatic carbocycles. The number of hydrogen-bond acceptors (Lipinski definition) is 2. The first-order chi connectivity index (χ1) is 4.27. The number of rotatable bonds is 0. The molecule has 0 atom stereocenters. The number of carbonyl (C=O) groups is 1. The maximum Gasteiger partial charge on any atom is 0.382 e. The minimum absolute atomic E-state index is 0.297. The fourth-order valence-electron chi connectivity index (χ4n) is 0.168. The van der Waals surface area contributed by atoms with Gasteiger partial charge in [-0.15, -0.1) is 0 Å². The van der Waals surface area contributed by atoms with E-state index in [1.165, 1.54) is 0 Å². The van der Waals surface area contributed by atoms with E-state index in [9.17, 15) is 4.79 Å². The number of aliphatic carboxylic acids is 1. The number of aliphatic hydroxyl groups is 1. The van der Waals surface area contributed by atoms with E-state index in [0.717, 1.165) is 0 Å². The zero-order valence-electron chi connectivity index (χ0n) is 4.51. The number of hydrogen-bond donors (Lipinski definition) is 2. The van der Waals surface area contributed by atoms with Gasteiger partial charge in [0, 0.05) is 5.92 Å². The number of aliphatic hydroxyl groups excluding tert-OH is 1. The predicted molar refractivity (Wildman–Crippen MR) is 30.3 cm³/mol. The standard InChI is InChI=1S/C6H4O3/c7-5-3-1-2-4-6(8)9/h7H,5H2,(H,8,9). The van der Waals surface area contributed by atoms with E-state index < -0.39 is 5.97 Å². The maximum atomic E-state index is 9.66. The Morgan fingerprint density at radius 1 is 1.44 bits per heavy atom. The van der Waals surface area contributed by atoms with E-state index in [4.69, 9.17) is 10.2 Å². The van der Waals surface area contributed by atoms with Gasteiger partial charge in [-0.2, -0.15) is 0 Å². The van der Waals surface area contributed by atoms with Gasteiger partial charge in [-0.3, -0.25) is 0 Å². The van der Waals surface area contributed by atoms with Crippen LogP contribution in [0, 0.1) is 23.7 Å². The first-order valence-electron chi connectivity index (χ1n) is 2.10. The second-order valence-electron chi connectivity index (χ2n) is 1.02. The van der Waals surface area contributed by atoms with E-state index in [1.807, 2.05) is 5.92 Å². The average Bonchev–Trinajstić information content (AvgIpc) is 1.80. The predicted octanol–water partition coefficient (Wildman–Crippen LogP) is -0.930. The SMILES string of the molecule is O=C(O)C#CC#CCO. The highest BCUT2D eigenvalue weighted by Crippen LogP contribution is 1.55. The van der Waals surface area contributed by atoms with Gasteiger partial charge < -0.3 is 10.2 Å². The van der Waals surface area contributed by atoms with E-state index in [2.05, 4.69) is 11.8 Å². The summed E-state index contributed by atoms with van der Waals surface area (Å²) < 4.78 is 0. The van der Waals surface area contributed by atoms with Crippen LogP contribution < -0.4 is 0 Å². The van der Waals surface area contributed by atoms with Crippen LogP contribution in [0.1, 0.15) is 0 Å². The molecule has 0 saturated carbocycles. The van der Waals surface area contributed by atoms with Crippen molar-refractivity contribution in [1.82, 2.24) is 0 Å². The van der Waals surface area contributed by atoms with Crippen molar-refractivity contribution in [2.45, 2.75) is 0 Å². The zero-order chi connectivity index (χ0) is 7.11. The Morgan fingerprint density at radius 3 is 2.56 bits per heavy atom. The van der Waals surface area contributed by atoms with Crippen LogP contribution in [0.5, 0.6) is 0 Å². The van der Waals surface area contributed by atoms with Crippen LogP contribution in [0.3, 0.4) is 0 Å². The summed E-state index contributed by atoms with van der Waals surface area (Å²) in [6.07, 6.45) is 0. The lowest BCUT2D eigenvalue weighted by Crippen LogP contribution is -1.85. The third kappa shape index (κ3) is 6.55. The molecule has 0 amide bonds. The molecule has 9 heavy (non-hydrogen) atoms. The Balaban J connectivity index is 3.76. The third-order valence-corrected chi connectivity index (χ3v) is 0.399. The summed E-state index contributed by atoms with van der Waals surface area (Å²) >= 11 is 0. The summed E-state index contributed by atoms with van der Waals surface area (Å²) in [6.45, 7) is -0.297. The summed E-state index contributed by atoms with van der Waals surface area (Å²) in [7, 11) is 0. The Bertz CT molecular complexity index is 208. The molecular formula is C6H4O3. The summed E-state index contributed by atoms with van der Waals surface area (Å²) in [5, 5.41) is 16.0. The Labute approximate surface area is 52.3 Å². The highest BCUT2D eigenvalue weighted by Gasteiger charge is 1.78. The van der Waals surface area contributed by atoms with Gasteiger partial charge in [0.2, 0.25) is 0 Å². The molecule has 2 N–H and O–H groups in total. The molecule has 3 heteroatoms. The quantitative estimate of drug-likeness (QED) is 0.410. The first kappa shape index (κ1) is 7.55. The molecule has 0 rings (SSSR count). The molecule has 0 aliphatic rings. The van der Waals surface area contributed by atoms with Gasteiger partial charge in [0.15, 0.2) is 0 Å². The monoisotopic (exact) mass is 124 g/mol. The molecule has 0 radical (unpaired) electrons.